The molecule has 0 aliphatic rings. The summed E-state index contributed by atoms with van der Waals surface area (Å²) in [7, 11) is 3.34. The van der Waals surface area contributed by atoms with E-state index in [1.54, 1.807) is 31.1 Å². The fourth-order valence-corrected chi connectivity index (χ4v) is 1.75. The van der Waals surface area contributed by atoms with Crippen LogP contribution in [0.1, 0.15) is 0 Å². The first-order valence-corrected chi connectivity index (χ1v) is 6.09. The molecule has 0 fully saturated rings. The van der Waals surface area contributed by atoms with Crippen molar-refractivity contribution >= 4 is 34.7 Å². The predicted molar refractivity (Wildman–Crippen MR) is 77.7 cm³/mol. The zero-order valence-corrected chi connectivity index (χ0v) is 11.6. The van der Waals surface area contributed by atoms with Gasteiger partial charge in [-0.05, 0) is 24.3 Å². The molecule has 0 bridgehead atoms. The summed E-state index contributed by atoms with van der Waals surface area (Å²) < 4.78 is 0. The predicted octanol–water partition coefficient (Wildman–Crippen LogP) is 2.85. The van der Waals surface area contributed by atoms with Crippen molar-refractivity contribution in [3.05, 3.63) is 45.6 Å². The highest BCUT2D eigenvalue weighted by atomic mass is 35.5. The Balaban J connectivity index is 2.37. The van der Waals surface area contributed by atoms with Crippen LogP contribution in [0.4, 0.5) is 23.1 Å². The second-order valence-corrected chi connectivity index (χ2v) is 4.38. The molecule has 104 valence electrons. The number of hydrogen-bond acceptors (Lipinski definition) is 6. The first kappa shape index (κ1) is 14.0. The Morgan fingerprint density at radius 3 is 2.55 bits per heavy atom. The molecule has 1 N–H and O–H groups in total. The third-order valence-electron chi connectivity index (χ3n) is 2.70. The van der Waals surface area contributed by atoms with Gasteiger partial charge in [0.05, 0.1) is 4.92 Å². The van der Waals surface area contributed by atoms with Crippen molar-refractivity contribution in [3.63, 3.8) is 0 Å². The van der Waals surface area contributed by atoms with Crippen LogP contribution in [0.2, 0.25) is 5.02 Å². The average molecular weight is 294 g/mol. The van der Waals surface area contributed by atoms with Gasteiger partial charge in [-0.2, -0.15) is 4.98 Å². The number of rotatable bonds is 4. The van der Waals surface area contributed by atoms with Gasteiger partial charge >= 0.3 is 5.69 Å². The van der Waals surface area contributed by atoms with E-state index in [1.165, 1.54) is 6.20 Å². The van der Waals surface area contributed by atoms with E-state index in [1.807, 2.05) is 12.1 Å². The van der Waals surface area contributed by atoms with E-state index in [0.717, 1.165) is 5.69 Å². The maximum absolute atomic E-state index is 10.8. The maximum atomic E-state index is 10.8. The van der Waals surface area contributed by atoms with Gasteiger partial charge in [0.25, 0.3) is 0 Å². The molecule has 0 spiro atoms. The standard InChI is InChI=1S/C12H12ClN5O2/c1-14-11-10(18(19)20)7-15-12(16-11)17(2)9-5-3-8(13)4-6-9/h3-7H,1-2H3,(H,14,15,16). The third kappa shape index (κ3) is 2.77. The van der Waals surface area contributed by atoms with Crippen molar-refractivity contribution in [3.8, 4) is 0 Å². The third-order valence-corrected chi connectivity index (χ3v) is 2.96. The number of benzene rings is 1. The highest BCUT2D eigenvalue weighted by Crippen LogP contribution is 2.26. The van der Waals surface area contributed by atoms with E-state index < -0.39 is 4.92 Å². The Hall–Kier alpha value is -2.41. The molecule has 0 aliphatic heterocycles. The minimum atomic E-state index is -0.530. The van der Waals surface area contributed by atoms with Crippen LogP contribution in [0.15, 0.2) is 30.5 Å². The van der Waals surface area contributed by atoms with Gasteiger partial charge in [0.15, 0.2) is 0 Å². The highest BCUT2D eigenvalue weighted by molar-refractivity contribution is 6.30. The Morgan fingerprint density at radius 2 is 2.00 bits per heavy atom. The number of nitrogens with one attached hydrogen (secondary N) is 1. The summed E-state index contributed by atoms with van der Waals surface area (Å²) in [5.41, 5.74) is 0.658. The van der Waals surface area contributed by atoms with Gasteiger partial charge in [-0.15, -0.1) is 0 Å². The summed E-state index contributed by atoms with van der Waals surface area (Å²) in [4.78, 5) is 20.2. The maximum Gasteiger partial charge on any atom is 0.329 e. The molecule has 0 amide bonds. The van der Waals surface area contributed by atoms with Gasteiger partial charge in [-0.25, -0.2) is 4.98 Å². The lowest BCUT2D eigenvalue weighted by Gasteiger charge is -2.17. The average Bonchev–Trinajstić information content (AvgIpc) is 2.46. The summed E-state index contributed by atoms with van der Waals surface area (Å²) in [6, 6.07) is 7.12. The van der Waals surface area contributed by atoms with Crippen LogP contribution in [0, 0.1) is 10.1 Å². The van der Waals surface area contributed by atoms with E-state index in [0.29, 0.717) is 11.0 Å². The molecular formula is C12H12ClN5O2. The van der Waals surface area contributed by atoms with Gasteiger partial charge in [0.1, 0.15) is 6.20 Å². The second-order valence-electron chi connectivity index (χ2n) is 3.95. The summed E-state index contributed by atoms with van der Waals surface area (Å²) in [5, 5.41) is 14.1. The Morgan fingerprint density at radius 1 is 1.35 bits per heavy atom. The van der Waals surface area contributed by atoms with Crippen molar-refractivity contribution in [2.45, 2.75) is 0 Å². The van der Waals surface area contributed by atoms with Gasteiger partial charge < -0.3 is 10.2 Å². The number of aromatic nitrogens is 2. The van der Waals surface area contributed by atoms with Crippen molar-refractivity contribution in [2.24, 2.45) is 0 Å². The van der Waals surface area contributed by atoms with Crippen LogP contribution in [0.3, 0.4) is 0 Å². The molecule has 1 aromatic heterocycles. The zero-order chi connectivity index (χ0) is 14.7. The zero-order valence-electron chi connectivity index (χ0n) is 10.9. The van der Waals surface area contributed by atoms with Gasteiger partial charge in [-0.1, -0.05) is 11.6 Å². The Kier molecular flexibility index (Phi) is 3.99. The quantitative estimate of drug-likeness (QED) is 0.689. The van der Waals surface area contributed by atoms with Gasteiger partial charge in [0.2, 0.25) is 11.8 Å². The fourth-order valence-electron chi connectivity index (χ4n) is 1.63. The minimum Gasteiger partial charge on any atom is -0.367 e. The molecule has 0 saturated carbocycles. The monoisotopic (exact) mass is 293 g/mol. The molecule has 0 atom stereocenters. The fraction of sp³-hybridized carbons (Fsp3) is 0.167. The minimum absolute atomic E-state index is 0.166. The summed E-state index contributed by atoms with van der Waals surface area (Å²) in [6.45, 7) is 0. The lowest BCUT2D eigenvalue weighted by atomic mass is 10.3. The largest absolute Gasteiger partial charge is 0.367 e. The van der Waals surface area contributed by atoms with E-state index in [2.05, 4.69) is 15.3 Å². The molecule has 2 rings (SSSR count). The topological polar surface area (TPSA) is 84.2 Å². The molecule has 1 aromatic carbocycles. The lowest BCUT2D eigenvalue weighted by Crippen LogP contribution is -2.14. The van der Waals surface area contributed by atoms with E-state index in [-0.39, 0.29) is 11.5 Å². The molecule has 7 nitrogen and oxygen atoms in total. The Labute approximate surface area is 120 Å². The molecule has 8 heteroatoms. The second kappa shape index (κ2) is 5.70. The number of anilines is 3. The van der Waals surface area contributed by atoms with E-state index >= 15 is 0 Å². The molecule has 20 heavy (non-hydrogen) atoms. The summed E-state index contributed by atoms with van der Waals surface area (Å²) in [5.74, 6) is 0.517. The number of nitrogens with zero attached hydrogens (tertiary/aromatic N) is 4. The van der Waals surface area contributed by atoms with Crippen LogP contribution < -0.4 is 10.2 Å². The van der Waals surface area contributed by atoms with Crippen molar-refractivity contribution < 1.29 is 4.92 Å². The van der Waals surface area contributed by atoms with Crippen LogP contribution >= 0.6 is 11.6 Å². The number of nitro groups is 1. The molecule has 0 unspecified atom stereocenters. The van der Waals surface area contributed by atoms with Crippen LogP contribution in [-0.4, -0.2) is 29.0 Å². The van der Waals surface area contributed by atoms with E-state index in [4.69, 9.17) is 11.6 Å². The number of hydrogen-bond donors (Lipinski definition) is 1. The lowest BCUT2D eigenvalue weighted by molar-refractivity contribution is -0.384. The molecule has 2 aromatic rings. The van der Waals surface area contributed by atoms with Gasteiger partial charge in [0, 0.05) is 24.8 Å². The highest BCUT2D eigenvalue weighted by Gasteiger charge is 2.18. The normalized spacial score (nSPS) is 10.2. The Bertz CT molecular complexity index is 632. The molecule has 1 heterocycles. The van der Waals surface area contributed by atoms with Crippen molar-refractivity contribution in [2.75, 3.05) is 24.3 Å². The SMILES string of the molecule is CNc1nc(N(C)c2ccc(Cl)cc2)ncc1[N+](=O)[O-]. The molecule has 0 saturated heterocycles. The summed E-state index contributed by atoms with van der Waals surface area (Å²) in [6.07, 6.45) is 1.18. The summed E-state index contributed by atoms with van der Waals surface area (Å²) >= 11 is 5.83. The van der Waals surface area contributed by atoms with Gasteiger partial charge in [-0.3, -0.25) is 10.1 Å². The molecule has 0 radical (unpaired) electrons. The van der Waals surface area contributed by atoms with E-state index in [9.17, 15) is 10.1 Å². The molecular weight excluding hydrogens is 282 g/mol. The van der Waals surface area contributed by atoms with Crippen LogP contribution in [0.5, 0.6) is 0 Å². The molecule has 0 aliphatic carbocycles. The van der Waals surface area contributed by atoms with Crippen LogP contribution in [-0.2, 0) is 0 Å². The first-order chi connectivity index (χ1) is 9.52. The van der Waals surface area contributed by atoms with Crippen molar-refractivity contribution in [1.29, 1.82) is 0 Å². The van der Waals surface area contributed by atoms with Crippen LogP contribution in [0.25, 0.3) is 0 Å². The smallest absolute Gasteiger partial charge is 0.329 e. The first-order valence-electron chi connectivity index (χ1n) is 5.71. The van der Waals surface area contributed by atoms with Crippen molar-refractivity contribution in [1.82, 2.24) is 9.97 Å². The number of halogens is 1.